The number of oxime groups is 1. The summed E-state index contributed by atoms with van der Waals surface area (Å²) in [6.07, 6.45) is 0. The van der Waals surface area contributed by atoms with Gasteiger partial charge in [-0.3, -0.25) is 0 Å². The average molecular weight is 306 g/mol. The first-order valence-electron chi connectivity index (χ1n) is 5.81. The molecule has 1 aliphatic rings. The summed E-state index contributed by atoms with van der Waals surface area (Å²) in [7, 11) is 0. The lowest BCUT2D eigenvalue weighted by Gasteiger charge is -2.02. The molecule has 0 unspecified atom stereocenters. The Kier molecular flexibility index (Phi) is 3.34. The van der Waals surface area contributed by atoms with Crippen LogP contribution in [0.15, 0.2) is 52.6 Å². The molecule has 2 aromatic rings. The number of rotatable bonds is 1. The molecule has 0 saturated heterocycles. The van der Waals surface area contributed by atoms with Crippen LogP contribution in [-0.2, 0) is 0 Å². The highest BCUT2D eigenvalue weighted by Crippen LogP contribution is 2.29. The Morgan fingerprint density at radius 3 is 2.35 bits per heavy atom. The second-order valence-corrected chi connectivity index (χ2v) is 5.02. The van der Waals surface area contributed by atoms with Gasteiger partial charge in [-0.05, 0) is 18.2 Å². The van der Waals surface area contributed by atoms with E-state index in [4.69, 9.17) is 28.4 Å². The summed E-state index contributed by atoms with van der Waals surface area (Å²) in [6.45, 7) is 0. The van der Waals surface area contributed by atoms with Crippen LogP contribution in [0.2, 0.25) is 10.0 Å². The summed E-state index contributed by atoms with van der Waals surface area (Å²) in [5.41, 5.74) is 2.18. The monoisotopic (exact) mass is 305 g/mol. The van der Waals surface area contributed by atoms with Crippen molar-refractivity contribution in [1.29, 1.82) is 0 Å². The fraction of sp³-hybridized carbons (Fsp3) is 0. The van der Waals surface area contributed by atoms with Crippen molar-refractivity contribution in [2.24, 2.45) is 10.1 Å². The smallest absolute Gasteiger partial charge is 0.178 e. The zero-order valence-electron chi connectivity index (χ0n) is 10.1. The van der Waals surface area contributed by atoms with Crippen molar-refractivity contribution in [3.63, 3.8) is 0 Å². The summed E-state index contributed by atoms with van der Waals surface area (Å²) in [6, 6.07) is 12.5. The van der Waals surface area contributed by atoms with Crippen molar-refractivity contribution in [3.05, 3.63) is 63.6 Å². The van der Waals surface area contributed by atoms with Crippen LogP contribution in [0.1, 0.15) is 11.1 Å². The summed E-state index contributed by atoms with van der Waals surface area (Å²) < 4.78 is 0. The lowest BCUT2D eigenvalue weighted by molar-refractivity contribution is 0.318. The van der Waals surface area contributed by atoms with Crippen LogP contribution in [0.5, 0.6) is 0 Å². The topological polar surface area (TPSA) is 57.0 Å². The number of nitrogens with one attached hydrogen (secondary N) is 1. The van der Waals surface area contributed by atoms with Crippen molar-refractivity contribution < 1.29 is 5.21 Å². The molecule has 3 rings (SSSR count). The molecular weight excluding hydrogens is 297 g/mol. The van der Waals surface area contributed by atoms with Gasteiger partial charge in [0.05, 0.1) is 10.7 Å². The predicted octanol–water partition coefficient (Wildman–Crippen LogP) is 3.81. The minimum atomic E-state index is 0.359. The molecule has 0 aromatic heterocycles. The molecule has 0 radical (unpaired) electrons. The Bertz CT molecular complexity index is 741. The quantitative estimate of drug-likeness (QED) is 0.622. The molecule has 4 nitrogen and oxygen atoms in total. The number of fused-ring (bicyclic) bond motifs is 1. The van der Waals surface area contributed by atoms with Gasteiger partial charge in [0.25, 0.3) is 0 Å². The van der Waals surface area contributed by atoms with Gasteiger partial charge in [-0.1, -0.05) is 52.6 Å². The van der Waals surface area contributed by atoms with Crippen LogP contribution in [0, 0.1) is 0 Å². The molecule has 100 valence electrons. The van der Waals surface area contributed by atoms with E-state index < -0.39 is 0 Å². The van der Waals surface area contributed by atoms with Crippen LogP contribution in [-0.4, -0.2) is 16.9 Å². The second kappa shape index (κ2) is 5.15. The van der Waals surface area contributed by atoms with E-state index in [0.29, 0.717) is 27.4 Å². The molecule has 0 amide bonds. The van der Waals surface area contributed by atoms with Gasteiger partial charge < -0.3 is 10.5 Å². The molecule has 1 aliphatic heterocycles. The molecule has 0 atom stereocenters. The molecule has 0 saturated carbocycles. The maximum Gasteiger partial charge on any atom is 0.178 e. The summed E-state index contributed by atoms with van der Waals surface area (Å²) in [5.74, 6) is 0.926. The van der Waals surface area contributed by atoms with Crippen molar-refractivity contribution in [2.45, 2.75) is 0 Å². The molecule has 2 N–H and O–H groups in total. The molecule has 0 bridgehead atoms. The van der Waals surface area contributed by atoms with E-state index in [2.05, 4.69) is 15.5 Å². The lowest BCUT2D eigenvalue weighted by Crippen LogP contribution is -2.22. The van der Waals surface area contributed by atoms with Gasteiger partial charge in [-0.15, -0.1) is 0 Å². The minimum Gasteiger partial charge on any atom is -0.409 e. The first kappa shape index (κ1) is 13.0. The highest BCUT2D eigenvalue weighted by molar-refractivity contribution is 6.35. The number of amidine groups is 2. The molecular formula is C14H9Cl2N3O. The van der Waals surface area contributed by atoms with Crippen molar-refractivity contribution in [1.82, 2.24) is 5.32 Å². The van der Waals surface area contributed by atoms with Crippen LogP contribution in [0.4, 0.5) is 5.69 Å². The molecule has 20 heavy (non-hydrogen) atoms. The van der Waals surface area contributed by atoms with Gasteiger partial charge in [0.1, 0.15) is 5.84 Å². The van der Waals surface area contributed by atoms with Crippen LogP contribution < -0.4 is 5.32 Å². The van der Waals surface area contributed by atoms with Gasteiger partial charge >= 0.3 is 0 Å². The summed E-state index contributed by atoms with van der Waals surface area (Å²) in [5, 5.41) is 16.2. The minimum absolute atomic E-state index is 0.359. The molecule has 2 aromatic carbocycles. The standard InChI is InChI=1S/C14H9Cl2N3O/c15-8-5-6-11(16)12(7-8)17-13-9-3-1-2-4-10(9)14(18-13)19-20/h1-7,20H,(H,17,18,19). The zero-order chi connectivity index (χ0) is 14.1. The normalized spacial score (nSPS) is 17.3. The van der Waals surface area contributed by atoms with Gasteiger partial charge in [0, 0.05) is 16.1 Å². The molecule has 0 spiro atoms. The third-order valence-corrected chi connectivity index (χ3v) is 3.47. The van der Waals surface area contributed by atoms with Crippen molar-refractivity contribution >= 4 is 40.6 Å². The Labute approximate surface area is 125 Å². The van der Waals surface area contributed by atoms with E-state index in [1.807, 2.05) is 24.3 Å². The zero-order valence-corrected chi connectivity index (χ0v) is 11.7. The predicted molar refractivity (Wildman–Crippen MR) is 80.6 cm³/mol. The third-order valence-electron chi connectivity index (χ3n) is 2.91. The SMILES string of the molecule is ON=C1NC(=Nc2cc(Cl)ccc2Cl)c2ccccc21. The van der Waals surface area contributed by atoms with Gasteiger partial charge in [0.2, 0.25) is 0 Å². The fourth-order valence-electron chi connectivity index (χ4n) is 2.00. The largest absolute Gasteiger partial charge is 0.409 e. The maximum absolute atomic E-state index is 9.02. The van der Waals surface area contributed by atoms with E-state index in [1.165, 1.54) is 0 Å². The highest BCUT2D eigenvalue weighted by Gasteiger charge is 2.23. The van der Waals surface area contributed by atoms with Gasteiger partial charge in [-0.2, -0.15) is 0 Å². The second-order valence-electron chi connectivity index (χ2n) is 4.18. The Morgan fingerprint density at radius 2 is 1.65 bits per heavy atom. The van der Waals surface area contributed by atoms with Crippen LogP contribution in [0.25, 0.3) is 0 Å². The third kappa shape index (κ3) is 2.24. The van der Waals surface area contributed by atoms with Gasteiger partial charge in [0.15, 0.2) is 5.84 Å². The van der Waals surface area contributed by atoms with Crippen LogP contribution >= 0.6 is 23.2 Å². The summed E-state index contributed by atoms with van der Waals surface area (Å²) in [4.78, 5) is 4.46. The Hall–Kier alpha value is -2.04. The highest BCUT2D eigenvalue weighted by atomic mass is 35.5. The number of hydrogen-bond acceptors (Lipinski definition) is 3. The Balaban J connectivity index is 2.12. The van der Waals surface area contributed by atoms with E-state index >= 15 is 0 Å². The first-order valence-corrected chi connectivity index (χ1v) is 6.57. The fourth-order valence-corrected chi connectivity index (χ4v) is 2.33. The molecule has 0 aliphatic carbocycles. The number of nitrogens with zero attached hydrogens (tertiary/aromatic N) is 2. The number of halogens is 2. The van der Waals surface area contributed by atoms with E-state index in [0.717, 1.165) is 11.1 Å². The molecule has 0 fully saturated rings. The lowest BCUT2D eigenvalue weighted by atomic mass is 10.1. The average Bonchev–Trinajstić information content (AvgIpc) is 2.81. The maximum atomic E-state index is 9.02. The molecule has 6 heteroatoms. The van der Waals surface area contributed by atoms with Crippen LogP contribution in [0.3, 0.4) is 0 Å². The number of aliphatic imine (C=N–C) groups is 1. The summed E-state index contributed by atoms with van der Waals surface area (Å²) >= 11 is 12.0. The number of benzene rings is 2. The first-order chi connectivity index (χ1) is 9.69. The molecule has 1 heterocycles. The van der Waals surface area contributed by atoms with E-state index in [9.17, 15) is 0 Å². The van der Waals surface area contributed by atoms with Crippen molar-refractivity contribution in [3.8, 4) is 0 Å². The van der Waals surface area contributed by atoms with Gasteiger partial charge in [-0.25, -0.2) is 4.99 Å². The van der Waals surface area contributed by atoms with Crippen molar-refractivity contribution in [2.75, 3.05) is 0 Å². The van der Waals surface area contributed by atoms with E-state index in [-0.39, 0.29) is 0 Å². The van der Waals surface area contributed by atoms with E-state index in [1.54, 1.807) is 18.2 Å². The Morgan fingerprint density at radius 1 is 0.950 bits per heavy atom. The number of hydrogen-bond donors (Lipinski definition) is 2.